The van der Waals surface area contributed by atoms with Crippen LogP contribution in [0, 0.1) is 0 Å². The molecule has 4 heteroatoms. The van der Waals surface area contributed by atoms with Crippen LogP contribution in [0.5, 0.6) is 0 Å². The molecule has 4 nitrogen and oxygen atoms in total. The summed E-state index contributed by atoms with van der Waals surface area (Å²) in [5.74, 6) is 1.08. The maximum atomic E-state index is 11.9. The maximum Gasteiger partial charge on any atom is 0.236 e. The van der Waals surface area contributed by atoms with Crippen molar-refractivity contribution >= 4 is 5.91 Å². The number of rotatable bonds is 10. The first-order valence-corrected chi connectivity index (χ1v) is 7.69. The Morgan fingerprint density at radius 1 is 1.35 bits per heavy atom. The Balaban J connectivity index is 2.16. The van der Waals surface area contributed by atoms with Gasteiger partial charge in [0.05, 0.1) is 12.3 Å². The van der Waals surface area contributed by atoms with E-state index in [4.69, 9.17) is 4.42 Å². The SMILES string of the molecule is CCCCCNC(=O)C(C)NC(C)CCc1ccco1. The average molecular weight is 280 g/mol. The highest BCUT2D eigenvalue weighted by molar-refractivity contribution is 5.81. The topological polar surface area (TPSA) is 54.3 Å². The van der Waals surface area contributed by atoms with Gasteiger partial charge >= 0.3 is 0 Å². The van der Waals surface area contributed by atoms with E-state index in [-0.39, 0.29) is 18.0 Å². The molecule has 0 aliphatic carbocycles. The number of nitrogens with one attached hydrogen (secondary N) is 2. The minimum absolute atomic E-state index is 0.0888. The van der Waals surface area contributed by atoms with Crippen LogP contribution in [0.1, 0.15) is 52.2 Å². The minimum Gasteiger partial charge on any atom is -0.469 e. The Bertz CT molecular complexity index is 363. The van der Waals surface area contributed by atoms with E-state index in [1.165, 1.54) is 12.8 Å². The van der Waals surface area contributed by atoms with Gasteiger partial charge in [-0.15, -0.1) is 0 Å². The second kappa shape index (κ2) is 9.59. The maximum absolute atomic E-state index is 11.9. The van der Waals surface area contributed by atoms with E-state index >= 15 is 0 Å². The summed E-state index contributed by atoms with van der Waals surface area (Å²) < 4.78 is 5.31. The number of furan rings is 1. The summed E-state index contributed by atoms with van der Waals surface area (Å²) in [5, 5.41) is 6.30. The zero-order valence-electron chi connectivity index (χ0n) is 12.9. The fourth-order valence-corrected chi connectivity index (χ4v) is 2.14. The standard InChI is InChI=1S/C16H28N2O2/c1-4-5-6-11-17-16(19)14(3)18-13(2)9-10-15-8-7-12-20-15/h7-8,12-14,18H,4-6,9-11H2,1-3H3,(H,17,19). The van der Waals surface area contributed by atoms with Gasteiger partial charge < -0.3 is 15.1 Å². The van der Waals surface area contributed by atoms with Crippen LogP contribution in [-0.2, 0) is 11.2 Å². The molecule has 0 bridgehead atoms. The van der Waals surface area contributed by atoms with Gasteiger partial charge in [0.15, 0.2) is 0 Å². The molecule has 0 saturated heterocycles. The molecular weight excluding hydrogens is 252 g/mol. The van der Waals surface area contributed by atoms with Gasteiger partial charge in [-0.3, -0.25) is 4.79 Å². The van der Waals surface area contributed by atoms with Crippen LogP contribution in [0.25, 0.3) is 0 Å². The Morgan fingerprint density at radius 3 is 2.80 bits per heavy atom. The zero-order chi connectivity index (χ0) is 14.8. The highest BCUT2D eigenvalue weighted by Gasteiger charge is 2.14. The Hall–Kier alpha value is -1.29. The molecule has 2 unspecified atom stereocenters. The van der Waals surface area contributed by atoms with Crippen molar-refractivity contribution < 1.29 is 9.21 Å². The average Bonchev–Trinajstić information content (AvgIpc) is 2.94. The first kappa shape index (κ1) is 16.8. The summed E-state index contributed by atoms with van der Waals surface area (Å²) in [6.07, 6.45) is 6.95. The summed E-state index contributed by atoms with van der Waals surface area (Å²) >= 11 is 0. The first-order chi connectivity index (χ1) is 9.63. The minimum atomic E-state index is -0.150. The van der Waals surface area contributed by atoms with E-state index in [1.54, 1.807) is 6.26 Å². The molecule has 1 amide bonds. The lowest BCUT2D eigenvalue weighted by molar-refractivity contribution is -0.122. The Labute approximate surface area is 122 Å². The van der Waals surface area contributed by atoms with E-state index in [2.05, 4.69) is 24.5 Å². The second-order valence-corrected chi connectivity index (χ2v) is 5.41. The van der Waals surface area contributed by atoms with E-state index in [0.717, 1.165) is 31.6 Å². The van der Waals surface area contributed by atoms with Crippen molar-refractivity contribution in [3.8, 4) is 0 Å². The van der Waals surface area contributed by atoms with Crippen LogP contribution in [0.4, 0.5) is 0 Å². The molecular formula is C16H28N2O2. The molecule has 0 aromatic carbocycles. The normalized spacial score (nSPS) is 13.9. The molecule has 0 aliphatic rings. The van der Waals surface area contributed by atoms with Crippen LogP contribution in [-0.4, -0.2) is 24.5 Å². The number of hydrogen-bond acceptors (Lipinski definition) is 3. The fourth-order valence-electron chi connectivity index (χ4n) is 2.14. The molecule has 0 saturated carbocycles. The van der Waals surface area contributed by atoms with Crippen molar-refractivity contribution in [3.05, 3.63) is 24.2 Å². The summed E-state index contributed by atoms with van der Waals surface area (Å²) in [6.45, 7) is 6.95. The van der Waals surface area contributed by atoms with Gasteiger partial charge in [-0.25, -0.2) is 0 Å². The van der Waals surface area contributed by atoms with E-state index in [9.17, 15) is 4.79 Å². The Kier molecular flexibility index (Phi) is 8.04. The summed E-state index contributed by atoms with van der Waals surface area (Å²) in [5.41, 5.74) is 0. The molecule has 114 valence electrons. The third-order valence-electron chi connectivity index (χ3n) is 3.41. The summed E-state index contributed by atoms with van der Waals surface area (Å²) in [7, 11) is 0. The highest BCUT2D eigenvalue weighted by Crippen LogP contribution is 2.06. The zero-order valence-corrected chi connectivity index (χ0v) is 12.9. The summed E-state index contributed by atoms with van der Waals surface area (Å²) in [6, 6.07) is 4.02. The number of carbonyl (C=O) groups is 1. The van der Waals surface area contributed by atoms with Gasteiger partial charge in [0.25, 0.3) is 0 Å². The van der Waals surface area contributed by atoms with Gasteiger partial charge in [0.2, 0.25) is 5.91 Å². The van der Waals surface area contributed by atoms with E-state index in [0.29, 0.717) is 0 Å². The highest BCUT2D eigenvalue weighted by atomic mass is 16.3. The summed E-state index contributed by atoms with van der Waals surface area (Å²) in [4.78, 5) is 11.9. The monoisotopic (exact) mass is 280 g/mol. The number of hydrogen-bond donors (Lipinski definition) is 2. The molecule has 1 heterocycles. The molecule has 2 N–H and O–H groups in total. The van der Waals surface area contributed by atoms with Crippen molar-refractivity contribution in [2.75, 3.05) is 6.54 Å². The lowest BCUT2D eigenvalue weighted by Crippen LogP contribution is -2.46. The van der Waals surface area contributed by atoms with Crippen LogP contribution < -0.4 is 10.6 Å². The molecule has 0 radical (unpaired) electrons. The van der Waals surface area contributed by atoms with Crippen molar-refractivity contribution in [1.29, 1.82) is 0 Å². The molecule has 1 aromatic rings. The van der Waals surface area contributed by atoms with E-state index in [1.807, 2.05) is 19.1 Å². The first-order valence-electron chi connectivity index (χ1n) is 7.69. The number of aryl methyl sites for hydroxylation is 1. The molecule has 1 rings (SSSR count). The van der Waals surface area contributed by atoms with Crippen molar-refractivity contribution in [2.45, 2.75) is 65.0 Å². The smallest absolute Gasteiger partial charge is 0.236 e. The van der Waals surface area contributed by atoms with Crippen LogP contribution in [0.15, 0.2) is 22.8 Å². The molecule has 0 spiro atoms. The van der Waals surface area contributed by atoms with Crippen LogP contribution in [0.2, 0.25) is 0 Å². The van der Waals surface area contributed by atoms with Gasteiger partial charge in [0.1, 0.15) is 5.76 Å². The third kappa shape index (κ3) is 6.75. The van der Waals surface area contributed by atoms with Crippen molar-refractivity contribution in [2.24, 2.45) is 0 Å². The van der Waals surface area contributed by atoms with Gasteiger partial charge in [-0.2, -0.15) is 0 Å². The predicted octanol–water partition coefficient (Wildman–Crippen LogP) is 2.89. The number of amides is 1. The molecule has 20 heavy (non-hydrogen) atoms. The van der Waals surface area contributed by atoms with Gasteiger partial charge in [-0.1, -0.05) is 19.8 Å². The van der Waals surface area contributed by atoms with Crippen molar-refractivity contribution in [3.63, 3.8) is 0 Å². The predicted molar refractivity (Wildman–Crippen MR) is 81.6 cm³/mol. The number of unbranched alkanes of at least 4 members (excludes halogenated alkanes) is 2. The van der Waals surface area contributed by atoms with E-state index < -0.39 is 0 Å². The van der Waals surface area contributed by atoms with Crippen LogP contribution >= 0.6 is 0 Å². The van der Waals surface area contributed by atoms with Crippen LogP contribution in [0.3, 0.4) is 0 Å². The van der Waals surface area contributed by atoms with Gasteiger partial charge in [-0.05, 0) is 38.8 Å². The van der Waals surface area contributed by atoms with Gasteiger partial charge in [0, 0.05) is 19.0 Å². The number of carbonyl (C=O) groups excluding carboxylic acids is 1. The lowest BCUT2D eigenvalue weighted by Gasteiger charge is -2.19. The van der Waals surface area contributed by atoms with Crippen molar-refractivity contribution in [1.82, 2.24) is 10.6 Å². The largest absolute Gasteiger partial charge is 0.469 e. The lowest BCUT2D eigenvalue weighted by atomic mass is 10.1. The third-order valence-corrected chi connectivity index (χ3v) is 3.41. The molecule has 1 aromatic heterocycles. The Morgan fingerprint density at radius 2 is 2.15 bits per heavy atom. The molecule has 0 aliphatic heterocycles. The quantitative estimate of drug-likeness (QED) is 0.648. The molecule has 0 fully saturated rings. The molecule has 2 atom stereocenters. The fraction of sp³-hybridized carbons (Fsp3) is 0.688. The second-order valence-electron chi connectivity index (χ2n) is 5.41.